The van der Waals surface area contributed by atoms with Gasteiger partial charge in [0.1, 0.15) is 5.69 Å². The molecule has 136 valence electrons. The Bertz CT molecular complexity index is 1070. The molecule has 4 rings (SSSR count). The van der Waals surface area contributed by atoms with Gasteiger partial charge >= 0.3 is 0 Å². The van der Waals surface area contributed by atoms with E-state index in [1.165, 1.54) is 11.8 Å². The van der Waals surface area contributed by atoms with Gasteiger partial charge in [-0.1, -0.05) is 76.8 Å². The molecule has 0 N–H and O–H groups in total. The molecule has 0 aromatic heterocycles. The highest BCUT2D eigenvalue weighted by atomic mass is 32.3. The maximum absolute atomic E-state index is 14.4. The molecule has 1 aliphatic rings. The maximum atomic E-state index is 14.4. The van der Waals surface area contributed by atoms with Crippen LogP contribution < -0.4 is 0 Å². The van der Waals surface area contributed by atoms with Crippen LogP contribution in [0.5, 0.6) is 0 Å². The molecule has 3 aromatic rings. The maximum Gasteiger partial charge on any atom is 0.183 e. The molecule has 0 aliphatic carbocycles. The molecule has 0 saturated heterocycles. The smallest absolute Gasteiger partial charge is 0.183 e. The van der Waals surface area contributed by atoms with Crippen molar-refractivity contribution in [3.8, 4) is 0 Å². The van der Waals surface area contributed by atoms with E-state index in [2.05, 4.69) is 18.2 Å². The molecular weight excluding hydrogens is 390 g/mol. The van der Waals surface area contributed by atoms with Gasteiger partial charge in [-0.25, -0.2) is 0 Å². The van der Waals surface area contributed by atoms with Crippen molar-refractivity contribution in [2.24, 2.45) is 4.36 Å². The molecule has 2 nitrogen and oxygen atoms in total. The van der Waals surface area contributed by atoms with E-state index >= 15 is 0 Å². The van der Waals surface area contributed by atoms with Crippen molar-refractivity contribution >= 4 is 44.9 Å². The second-order valence-electron chi connectivity index (χ2n) is 6.02. The molecule has 0 bridgehead atoms. The van der Waals surface area contributed by atoms with Crippen LogP contribution in [0.25, 0.3) is 5.57 Å². The first-order valence-corrected chi connectivity index (χ1v) is 12.5. The first kappa shape index (κ1) is 18.6. The number of benzene rings is 3. The van der Waals surface area contributed by atoms with E-state index in [0.29, 0.717) is 0 Å². The molecule has 0 fully saturated rings. The Morgan fingerprint density at radius 3 is 2.19 bits per heavy atom. The molecule has 27 heavy (non-hydrogen) atoms. The Morgan fingerprint density at radius 2 is 1.44 bits per heavy atom. The van der Waals surface area contributed by atoms with Crippen molar-refractivity contribution in [2.45, 2.75) is 9.79 Å². The van der Waals surface area contributed by atoms with Crippen LogP contribution in [0, 0.1) is 0 Å². The van der Waals surface area contributed by atoms with Crippen molar-refractivity contribution in [1.29, 1.82) is 0 Å². The Hall–Kier alpha value is -1.79. The van der Waals surface area contributed by atoms with Gasteiger partial charge in [0.2, 0.25) is 0 Å². The van der Waals surface area contributed by atoms with Gasteiger partial charge in [0.05, 0.1) is 10.5 Å². The standard InChI is InChI=1S/C22H19NOS3/c1-25-19-14-8-9-15-20(19)27(24)22(26-2)21(16-10-4-3-5-11-16)17-12-6-7-13-18(17)23-27/h3-15H,1-2H3. The SMILES string of the molecule is CSC1=C(c2ccccc2)c2ccccc2N=[S+]1([O-])c1ccccc1SC. The number of fused-ring (bicyclic) bond motifs is 1. The summed E-state index contributed by atoms with van der Waals surface area (Å²) in [5.74, 6) is 0. The molecule has 3 aromatic carbocycles. The zero-order chi connectivity index (χ0) is 18.9. The van der Waals surface area contributed by atoms with Crippen molar-refractivity contribution in [1.82, 2.24) is 0 Å². The molecule has 0 saturated carbocycles. The van der Waals surface area contributed by atoms with Crippen molar-refractivity contribution in [2.75, 3.05) is 12.5 Å². The lowest BCUT2D eigenvalue weighted by Gasteiger charge is -2.30. The van der Waals surface area contributed by atoms with Crippen LogP contribution in [0.1, 0.15) is 11.1 Å². The molecular formula is C22H19NOS3. The van der Waals surface area contributed by atoms with Gasteiger partial charge in [-0.2, -0.15) is 0 Å². The molecule has 1 heterocycles. The van der Waals surface area contributed by atoms with Crippen LogP contribution >= 0.6 is 23.5 Å². The highest BCUT2D eigenvalue weighted by Gasteiger charge is 2.35. The third-order valence-electron chi connectivity index (χ3n) is 4.47. The van der Waals surface area contributed by atoms with E-state index in [0.717, 1.165) is 36.4 Å². The lowest BCUT2D eigenvalue weighted by molar-refractivity contribution is 0.590. The number of hydrogen-bond acceptors (Lipinski definition) is 4. The zero-order valence-electron chi connectivity index (χ0n) is 15.1. The predicted octanol–water partition coefficient (Wildman–Crippen LogP) is 6.66. The molecule has 0 radical (unpaired) electrons. The molecule has 1 atom stereocenters. The Morgan fingerprint density at radius 1 is 0.778 bits per heavy atom. The van der Waals surface area contributed by atoms with Gasteiger partial charge in [-0.05, 0) is 36.3 Å². The second-order valence-corrected chi connectivity index (χ2v) is 10.0. The molecule has 1 unspecified atom stereocenters. The van der Waals surface area contributed by atoms with Gasteiger partial charge < -0.3 is 4.55 Å². The minimum Gasteiger partial charge on any atom is -0.621 e. The van der Waals surface area contributed by atoms with E-state index in [1.54, 1.807) is 11.8 Å². The van der Waals surface area contributed by atoms with Gasteiger partial charge in [0.25, 0.3) is 0 Å². The van der Waals surface area contributed by atoms with E-state index in [9.17, 15) is 4.55 Å². The zero-order valence-corrected chi connectivity index (χ0v) is 17.5. The normalized spacial score (nSPS) is 18.8. The third kappa shape index (κ3) is 3.19. The van der Waals surface area contributed by atoms with Crippen molar-refractivity contribution in [3.05, 3.63) is 94.2 Å². The number of hydrogen-bond donors (Lipinski definition) is 0. The summed E-state index contributed by atoms with van der Waals surface area (Å²) in [7, 11) is -2.77. The summed E-state index contributed by atoms with van der Waals surface area (Å²) >= 11 is 3.14. The predicted molar refractivity (Wildman–Crippen MR) is 119 cm³/mol. The number of nitrogens with zero attached hydrogens (tertiary/aromatic N) is 1. The summed E-state index contributed by atoms with van der Waals surface area (Å²) in [6, 6.07) is 26.1. The average Bonchev–Trinajstić information content (AvgIpc) is 2.73. The van der Waals surface area contributed by atoms with Crippen LogP contribution in [0.15, 0.2) is 97.3 Å². The highest BCUT2D eigenvalue weighted by Crippen LogP contribution is 2.50. The average molecular weight is 410 g/mol. The number of thioether (sulfide) groups is 2. The van der Waals surface area contributed by atoms with Crippen LogP contribution in [-0.4, -0.2) is 17.1 Å². The topological polar surface area (TPSA) is 35.4 Å². The fourth-order valence-electron chi connectivity index (χ4n) is 3.28. The monoisotopic (exact) mass is 409 g/mol. The van der Waals surface area contributed by atoms with Gasteiger partial charge in [0, 0.05) is 15.7 Å². The quantitative estimate of drug-likeness (QED) is 0.357. The second kappa shape index (κ2) is 7.68. The van der Waals surface area contributed by atoms with Crippen LogP contribution in [0.4, 0.5) is 5.69 Å². The van der Waals surface area contributed by atoms with Crippen LogP contribution in [0.3, 0.4) is 0 Å². The molecule has 0 spiro atoms. The summed E-state index contributed by atoms with van der Waals surface area (Å²) in [5, 5.41) is 0. The summed E-state index contributed by atoms with van der Waals surface area (Å²) < 4.78 is 20.1. The van der Waals surface area contributed by atoms with Crippen LogP contribution in [-0.2, 0) is 10.1 Å². The highest BCUT2D eigenvalue weighted by molar-refractivity contribution is 8.22. The van der Waals surface area contributed by atoms with Gasteiger partial charge in [-0.3, -0.25) is 0 Å². The summed E-state index contributed by atoms with van der Waals surface area (Å²) in [4.78, 5) is 1.80. The van der Waals surface area contributed by atoms with Gasteiger partial charge in [0.15, 0.2) is 9.13 Å². The summed E-state index contributed by atoms with van der Waals surface area (Å²) in [6.07, 6.45) is 4.00. The third-order valence-corrected chi connectivity index (χ3v) is 9.26. The minimum absolute atomic E-state index is 0.787. The van der Waals surface area contributed by atoms with E-state index in [4.69, 9.17) is 4.36 Å². The minimum atomic E-state index is -2.77. The van der Waals surface area contributed by atoms with E-state index in [-0.39, 0.29) is 0 Å². The first-order chi connectivity index (χ1) is 13.2. The first-order valence-electron chi connectivity index (χ1n) is 8.52. The fourth-order valence-corrected chi connectivity index (χ4v) is 8.00. The summed E-state index contributed by atoms with van der Waals surface area (Å²) in [5.41, 5.74) is 3.91. The van der Waals surface area contributed by atoms with E-state index in [1.807, 2.05) is 73.2 Å². The van der Waals surface area contributed by atoms with Crippen LogP contribution in [0.2, 0.25) is 0 Å². The lowest BCUT2D eigenvalue weighted by atomic mass is 9.98. The Kier molecular flexibility index (Phi) is 5.28. The van der Waals surface area contributed by atoms with Crippen molar-refractivity contribution < 1.29 is 4.55 Å². The van der Waals surface area contributed by atoms with Crippen molar-refractivity contribution in [3.63, 3.8) is 0 Å². The number of rotatable bonds is 4. The molecule has 1 aliphatic heterocycles. The summed E-state index contributed by atoms with van der Waals surface area (Å²) in [6.45, 7) is 0. The van der Waals surface area contributed by atoms with E-state index < -0.39 is 10.1 Å². The largest absolute Gasteiger partial charge is 0.621 e. The van der Waals surface area contributed by atoms with Gasteiger partial charge in [-0.15, -0.1) is 11.8 Å². The Labute approximate surface area is 170 Å². The molecule has 0 amide bonds. The molecule has 5 heteroatoms. The Balaban J connectivity index is 2.11. The fraction of sp³-hybridized carbons (Fsp3) is 0.0909. The lowest BCUT2D eigenvalue weighted by Crippen LogP contribution is -2.18.